The van der Waals surface area contributed by atoms with Crippen LogP contribution in [0.25, 0.3) is 0 Å². The fourth-order valence-electron chi connectivity index (χ4n) is 5.33. The van der Waals surface area contributed by atoms with Crippen LogP contribution < -0.4 is 10.6 Å². The summed E-state index contributed by atoms with van der Waals surface area (Å²) in [5, 5.41) is 6.75. The molecule has 2 aliphatic rings. The topological polar surface area (TPSA) is 58.2 Å². The van der Waals surface area contributed by atoms with Crippen molar-refractivity contribution in [3.63, 3.8) is 0 Å². The van der Waals surface area contributed by atoms with Crippen LogP contribution >= 0.6 is 0 Å². The van der Waals surface area contributed by atoms with Crippen molar-refractivity contribution in [2.24, 2.45) is 5.92 Å². The number of hydrogen-bond acceptors (Lipinski definition) is 3. The second-order valence-electron chi connectivity index (χ2n) is 9.35. The largest absolute Gasteiger partial charge is 0.326 e. The van der Waals surface area contributed by atoms with Gasteiger partial charge in [-0.05, 0) is 60.8 Å². The van der Waals surface area contributed by atoms with Crippen molar-refractivity contribution in [3.8, 4) is 0 Å². The Morgan fingerprint density at radius 2 is 1.97 bits per heavy atom. The number of nitrogens with one attached hydrogen (secondary N) is 2. The lowest BCUT2D eigenvalue weighted by Crippen LogP contribution is -2.39. The zero-order chi connectivity index (χ0) is 22.0. The fourth-order valence-corrected chi connectivity index (χ4v) is 5.33. The molecular weight excluding hydrogens is 384 g/mol. The van der Waals surface area contributed by atoms with Crippen molar-refractivity contribution in [1.29, 1.82) is 0 Å². The minimum atomic E-state index is -0.000682. The van der Waals surface area contributed by atoms with Crippen LogP contribution in [-0.4, -0.2) is 24.3 Å². The van der Waals surface area contributed by atoms with Gasteiger partial charge in [-0.15, -0.1) is 0 Å². The van der Waals surface area contributed by atoms with Crippen LogP contribution in [0.3, 0.4) is 0 Å². The highest BCUT2D eigenvalue weighted by atomic mass is 16.1. The fraction of sp³-hybridized carbons (Fsp3) is 0.481. The van der Waals surface area contributed by atoms with Crippen molar-refractivity contribution in [3.05, 3.63) is 64.2 Å². The van der Waals surface area contributed by atoms with Crippen molar-refractivity contribution < 1.29 is 9.59 Å². The van der Waals surface area contributed by atoms with Gasteiger partial charge in [0.1, 0.15) is 0 Å². The molecule has 0 aromatic heterocycles. The zero-order valence-electron chi connectivity index (χ0n) is 19.0. The molecule has 0 saturated heterocycles. The predicted octanol–water partition coefficient (Wildman–Crippen LogP) is 5.19. The SMILES string of the molecule is CCCC(Cc1ccccc1)NCC1CCc2cc(C)c3c(c2C1=O)C(C)CC(=O)N3. The minimum Gasteiger partial charge on any atom is -0.326 e. The van der Waals surface area contributed by atoms with E-state index >= 15 is 0 Å². The zero-order valence-corrected chi connectivity index (χ0v) is 19.0. The van der Waals surface area contributed by atoms with E-state index in [4.69, 9.17) is 0 Å². The van der Waals surface area contributed by atoms with Crippen LogP contribution in [0.5, 0.6) is 0 Å². The van der Waals surface area contributed by atoms with E-state index in [0.29, 0.717) is 12.5 Å². The number of fused-ring (bicyclic) bond motifs is 3. The molecule has 2 N–H and O–H groups in total. The molecule has 1 aliphatic heterocycles. The monoisotopic (exact) mass is 418 g/mol. The summed E-state index contributed by atoms with van der Waals surface area (Å²) in [6, 6.07) is 13.1. The first-order valence-corrected chi connectivity index (χ1v) is 11.8. The molecule has 1 aliphatic carbocycles. The Morgan fingerprint density at radius 1 is 1.19 bits per heavy atom. The number of hydrogen-bond donors (Lipinski definition) is 2. The second kappa shape index (κ2) is 9.35. The Bertz CT molecular complexity index is 967. The third kappa shape index (κ3) is 4.59. The molecule has 4 nitrogen and oxygen atoms in total. The van der Waals surface area contributed by atoms with Gasteiger partial charge in [0, 0.05) is 36.2 Å². The van der Waals surface area contributed by atoms with Gasteiger partial charge in [0.15, 0.2) is 5.78 Å². The van der Waals surface area contributed by atoms with Gasteiger partial charge in [0.25, 0.3) is 0 Å². The summed E-state index contributed by atoms with van der Waals surface area (Å²) < 4.78 is 0. The van der Waals surface area contributed by atoms with Gasteiger partial charge in [0.2, 0.25) is 5.91 Å². The van der Waals surface area contributed by atoms with Crippen LogP contribution in [0.4, 0.5) is 5.69 Å². The smallest absolute Gasteiger partial charge is 0.224 e. The van der Waals surface area contributed by atoms with Gasteiger partial charge >= 0.3 is 0 Å². The molecule has 3 atom stereocenters. The Kier molecular flexibility index (Phi) is 6.57. The number of Topliss-reactive ketones (excluding diaryl/α,β-unsaturated/α-hetero) is 1. The molecule has 2 aromatic carbocycles. The highest BCUT2D eigenvalue weighted by molar-refractivity contribution is 6.06. The number of carbonyl (C=O) groups is 2. The number of aryl methyl sites for hydroxylation is 2. The number of ketones is 1. The van der Waals surface area contributed by atoms with Crippen LogP contribution in [0.15, 0.2) is 36.4 Å². The minimum absolute atomic E-state index is 0.000682. The predicted molar refractivity (Wildman–Crippen MR) is 126 cm³/mol. The van der Waals surface area contributed by atoms with E-state index in [1.54, 1.807) is 0 Å². The van der Waals surface area contributed by atoms with Crippen molar-refractivity contribution in [1.82, 2.24) is 5.32 Å². The molecule has 31 heavy (non-hydrogen) atoms. The number of carbonyl (C=O) groups excluding carboxylic acids is 2. The number of rotatable bonds is 7. The van der Waals surface area contributed by atoms with Crippen LogP contribution in [0, 0.1) is 12.8 Å². The van der Waals surface area contributed by atoms with E-state index in [1.165, 1.54) is 5.56 Å². The van der Waals surface area contributed by atoms with Crippen LogP contribution in [0.2, 0.25) is 0 Å². The average Bonchev–Trinajstić information content (AvgIpc) is 2.74. The lowest BCUT2D eigenvalue weighted by atomic mass is 9.75. The summed E-state index contributed by atoms with van der Waals surface area (Å²) >= 11 is 0. The molecule has 3 unspecified atom stereocenters. The normalized spacial score (nSPS) is 21.3. The summed E-state index contributed by atoms with van der Waals surface area (Å²) in [4.78, 5) is 25.7. The quantitative estimate of drug-likeness (QED) is 0.651. The van der Waals surface area contributed by atoms with E-state index in [-0.39, 0.29) is 23.5 Å². The highest BCUT2D eigenvalue weighted by Gasteiger charge is 2.35. The van der Waals surface area contributed by atoms with Gasteiger partial charge in [0.05, 0.1) is 0 Å². The van der Waals surface area contributed by atoms with Crippen molar-refractivity contribution in [2.75, 3.05) is 11.9 Å². The molecule has 1 heterocycles. The summed E-state index contributed by atoms with van der Waals surface area (Å²) in [6.45, 7) is 7.04. The van der Waals surface area contributed by atoms with E-state index in [2.05, 4.69) is 60.9 Å². The first-order valence-electron chi connectivity index (χ1n) is 11.8. The Labute approximate surface area is 185 Å². The maximum atomic E-state index is 13.6. The summed E-state index contributed by atoms with van der Waals surface area (Å²) in [5.41, 5.74) is 6.40. The van der Waals surface area contributed by atoms with Crippen LogP contribution in [0.1, 0.15) is 78.1 Å². The molecular formula is C27H34N2O2. The molecule has 4 heteroatoms. The molecule has 0 radical (unpaired) electrons. The molecule has 1 amide bonds. The highest BCUT2D eigenvalue weighted by Crippen LogP contribution is 2.42. The lowest BCUT2D eigenvalue weighted by molar-refractivity contribution is -0.116. The van der Waals surface area contributed by atoms with Gasteiger partial charge in [-0.2, -0.15) is 0 Å². The van der Waals surface area contributed by atoms with Crippen molar-refractivity contribution in [2.45, 2.75) is 71.3 Å². The van der Waals surface area contributed by atoms with Crippen LogP contribution in [-0.2, 0) is 17.6 Å². The van der Waals surface area contributed by atoms with Gasteiger partial charge < -0.3 is 10.6 Å². The Hall–Kier alpha value is -2.46. The third-order valence-corrected chi connectivity index (χ3v) is 6.89. The van der Waals surface area contributed by atoms with E-state index in [9.17, 15) is 9.59 Å². The van der Waals surface area contributed by atoms with Gasteiger partial charge in [-0.3, -0.25) is 9.59 Å². The van der Waals surface area contributed by atoms with Gasteiger partial charge in [-0.25, -0.2) is 0 Å². The number of benzene rings is 2. The summed E-state index contributed by atoms with van der Waals surface area (Å²) in [7, 11) is 0. The average molecular weight is 419 g/mol. The molecule has 0 saturated carbocycles. The lowest BCUT2D eigenvalue weighted by Gasteiger charge is -2.33. The number of amides is 1. The Morgan fingerprint density at radius 3 is 2.71 bits per heavy atom. The first kappa shape index (κ1) is 21.8. The summed E-state index contributed by atoms with van der Waals surface area (Å²) in [5.74, 6) is 0.383. The first-order chi connectivity index (χ1) is 15.0. The molecule has 0 bridgehead atoms. The second-order valence-corrected chi connectivity index (χ2v) is 9.35. The molecule has 4 rings (SSSR count). The summed E-state index contributed by atoms with van der Waals surface area (Å²) in [6.07, 6.45) is 5.49. The molecule has 0 fully saturated rings. The molecule has 0 spiro atoms. The van der Waals surface area contributed by atoms with Gasteiger partial charge in [-0.1, -0.05) is 56.7 Å². The third-order valence-electron chi connectivity index (χ3n) is 6.89. The standard InChI is InChI=1S/C27H34N2O2/c1-4-8-22(15-19-9-6-5-7-10-19)28-16-21-12-11-20-13-18(3)26-24(25(20)27(21)31)17(2)14-23(30)29-26/h5-7,9-10,13,17,21-22,28H,4,8,11-12,14-16H2,1-3H3,(H,29,30). The van der Waals surface area contributed by atoms with E-state index in [0.717, 1.165) is 66.6 Å². The molecule has 2 aromatic rings. The maximum Gasteiger partial charge on any atom is 0.224 e. The maximum absolute atomic E-state index is 13.6. The molecule has 164 valence electrons. The number of anilines is 1. The van der Waals surface area contributed by atoms with E-state index < -0.39 is 0 Å². The Balaban J connectivity index is 1.52. The van der Waals surface area contributed by atoms with E-state index in [1.807, 2.05) is 6.92 Å². The van der Waals surface area contributed by atoms with Crippen molar-refractivity contribution >= 4 is 17.4 Å².